The number of carboxylic acids is 1. The van der Waals surface area contributed by atoms with Gasteiger partial charge in [-0.3, -0.25) is 20.3 Å². The Labute approximate surface area is 115 Å². The molecule has 1 atom stereocenters. The molecular weight excluding hydrogens is 264 g/mol. The number of pyridine rings is 1. The molecule has 20 heavy (non-hydrogen) atoms. The Balaban J connectivity index is 2.59. The number of carbonyl (C=O) groups excluding carboxylic acids is 2. The summed E-state index contributed by atoms with van der Waals surface area (Å²) in [6.07, 6.45) is 0.998. The summed E-state index contributed by atoms with van der Waals surface area (Å²) in [5, 5.41) is 13.5. The zero-order valence-electron chi connectivity index (χ0n) is 10.9. The lowest BCUT2D eigenvalue weighted by molar-refractivity contribution is -0.149. The molecule has 1 unspecified atom stereocenters. The highest BCUT2D eigenvalue weighted by molar-refractivity contribution is 5.91. The second-order valence-corrected chi connectivity index (χ2v) is 4.23. The van der Waals surface area contributed by atoms with Crippen molar-refractivity contribution >= 4 is 17.8 Å². The SMILES string of the molecule is CC(=O)NC(N)(CC(=O)NCc1ccccn1)C(=O)O. The molecule has 1 aromatic heterocycles. The molecule has 108 valence electrons. The van der Waals surface area contributed by atoms with Crippen molar-refractivity contribution in [3.05, 3.63) is 30.1 Å². The molecule has 0 fully saturated rings. The predicted octanol–water partition coefficient (Wildman–Crippen LogP) is -1.04. The first-order valence-corrected chi connectivity index (χ1v) is 5.81. The van der Waals surface area contributed by atoms with Gasteiger partial charge in [0, 0.05) is 13.1 Å². The van der Waals surface area contributed by atoms with Gasteiger partial charge in [0.15, 0.2) is 5.66 Å². The lowest BCUT2D eigenvalue weighted by Gasteiger charge is -2.24. The fourth-order valence-electron chi connectivity index (χ4n) is 1.49. The molecule has 0 radical (unpaired) electrons. The van der Waals surface area contributed by atoms with E-state index in [4.69, 9.17) is 10.8 Å². The van der Waals surface area contributed by atoms with Crippen molar-refractivity contribution in [1.82, 2.24) is 15.6 Å². The van der Waals surface area contributed by atoms with E-state index in [0.717, 1.165) is 6.92 Å². The molecule has 8 nitrogen and oxygen atoms in total. The smallest absolute Gasteiger partial charge is 0.345 e. The minimum atomic E-state index is -2.12. The van der Waals surface area contributed by atoms with Crippen molar-refractivity contribution in [2.45, 2.75) is 25.6 Å². The van der Waals surface area contributed by atoms with Gasteiger partial charge >= 0.3 is 5.97 Å². The van der Waals surface area contributed by atoms with Crippen molar-refractivity contribution in [3.63, 3.8) is 0 Å². The second-order valence-electron chi connectivity index (χ2n) is 4.23. The Morgan fingerprint density at radius 1 is 1.40 bits per heavy atom. The van der Waals surface area contributed by atoms with E-state index in [1.807, 2.05) is 5.32 Å². The third-order valence-corrected chi connectivity index (χ3v) is 2.41. The number of carboxylic acid groups (broad SMARTS) is 1. The van der Waals surface area contributed by atoms with Crippen LogP contribution in [0.25, 0.3) is 0 Å². The molecule has 1 aromatic rings. The van der Waals surface area contributed by atoms with Crippen LogP contribution in [0, 0.1) is 0 Å². The van der Waals surface area contributed by atoms with Gasteiger partial charge in [-0.05, 0) is 12.1 Å². The first-order chi connectivity index (χ1) is 9.33. The van der Waals surface area contributed by atoms with Crippen LogP contribution in [0.2, 0.25) is 0 Å². The minimum absolute atomic E-state index is 0.148. The topological polar surface area (TPSA) is 134 Å². The van der Waals surface area contributed by atoms with Crippen LogP contribution in [-0.4, -0.2) is 33.5 Å². The number of aromatic nitrogens is 1. The molecule has 1 rings (SSSR count). The number of carbonyl (C=O) groups is 3. The number of aliphatic carboxylic acids is 1. The molecule has 2 amide bonds. The number of hydrogen-bond donors (Lipinski definition) is 4. The predicted molar refractivity (Wildman–Crippen MR) is 69.1 cm³/mol. The average molecular weight is 280 g/mol. The zero-order chi connectivity index (χ0) is 15.2. The maximum atomic E-state index is 11.7. The van der Waals surface area contributed by atoms with Crippen LogP contribution < -0.4 is 16.4 Å². The van der Waals surface area contributed by atoms with Crippen molar-refractivity contribution in [2.75, 3.05) is 0 Å². The maximum Gasteiger partial charge on any atom is 0.345 e. The van der Waals surface area contributed by atoms with Crippen molar-refractivity contribution in [3.8, 4) is 0 Å². The summed E-state index contributed by atoms with van der Waals surface area (Å²) in [4.78, 5) is 37.6. The van der Waals surface area contributed by atoms with Gasteiger partial charge in [-0.2, -0.15) is 0 Å². The zero-order valence-corrected chi connectivity index (χ0v) is 10.9. The van der Waals surface area contributed by atoms with Crippen LogP contribution in [0.5, 0.6) is 0 Å². The van der Waals surface area contributed by atoms with Crippen LogP contribution >= 0.6 is 0 Å². The fraction of sp³-hybridized carbons (Fsp3) is 0.333. The molecule has 0 aromatic carbocycles. The summed E-state index contributed by atoms with van der Waals surface area (Å²) < 4.78 is 0. The van der Waals surface area contributed by atoms with E-state index in [1.165, 1.54) is 0 Å². The summed E-state index contributed by atoms with van der Waals surface area (Å²) in [5.74, 6) is -2.72. The number of hydrogen-bond acceptors (Lipinski definition) is 5. The molecule has 0 aliphatic rings. The Bertz CT molecular complexity index is 505. The number of rotatable bonds is 6. The number of nitrogens with zero attached hydrogens (tertiary/aromatic N) is 1. The Morgan fingerprint density at radius 3 is 2.60 bits per heavy atom. The highest BCUT2D eigenvalue weighted by Gasteiger charge is 2.37. The van der Waals surface area contributed by atoms with Crippen LogP contribution in [0.15, 0.2) is 24.4 Å². The quantitative estimate of drug-likeness (QED) is 0.492. The number of amides is 2. The third-order valence-electron chi connectivity index (χ3n) is 2.41. The van der Waals surface area contributed by atoms with Crippen molar-refractivity contribution in [1.29, 1.82) is 0 Å². The van der Waals surface area contributed by atoms with Crippen molar-refractivity contribution in [2.24, 2.45) is 5.73 Å². The first-order valence-electron chi connectivity index (χ1n) is 5.81. The molecule has 5 N–H and O–H groups in total. The monoisotopic (exact) mass is 280 g/mol. The summed E-state index contributed by atoms with van der Waals surface area (Å²) in [7, 11) is 0. The lowest BCUT2D eigenvalue weighted by atomic mass is 10.1. The molecule has 0 saturated heterocycles. The van der Waals surface area contributed by atoms with Crippen LogP contribution in [0.1, 0.15) is 19.0 Å². The van der Waals surface area contributed by atoms with Gasteiger partial charge in [0.1, 0.15) is 0 Å². The van der Waals surface area contributed by atoms with Gasteiger partial charge in [0.25, 0.3) is 0 Å². The first kappa shape index (κ1) is 15.6. The van der Waals surface area contributed by atoms with Gasteiger partial charge in [0.2, 0.25) is 11.8 Å². The molecule has 8 heteroatoms. The van der Waals surface area contributed by atoms with Crippen LogP contribution in [0.3, 0.4) is 0 Å². The molecule has 0 bridgehead atoms. The summed E-state index contributed by atoms with van der Waals surface area (Å²) in [5.41, 5.74) is 4.00. The number of nitrogens with one attached hydrogen (secondary N) is 2. The van der Waals surface area contributed by atoms with E-state index >= 15 is 0 Å². The maximum absolute atomic E-state index is 11.7. The van der Waals surface area contributed by atoms with Gasteiger partial charge in [-0.1, -0.05) is 6.07 Å². The van der Waals surface area contributed by atoms with E-state index < -0.39 is 29.9 Å². The van der Waals surface area contributed by atoms with Gasteiger partial charge in [0.05, 0.1) is 18.7 Å². The highest BCUT2D eigenvalue weighted by atomic mass is 16.4. The Kier molecular flexibility index (Phi) is 5.15. The van der Waals surface area contributed by atoms with Gasteiger partial charge in [-0.15, -0.1) is 0 Å². The van der Waals surface area contributed by atoms with Gasteiger partial charge < -0.3 is 15.7 Å². The third kappa shape index (κ3) is 4.65. The second kappa shape index (κ2) is 6.62. The molecular formula is C12H16N4O4. The van der Waals surface area contributed by atoms with Gasteiger partial charge in [-0.25, -0.2) is 4.79 Å². The Hall–Kier alpha value is -2.48. The van der Waals surface area contributed by atoms with E-state index in [2.05, 4.69) is 10.3 Å². The van der Waals surface area contributed by atoms with E-state index in [0.29, 0.717) is 5.69 Å². The lowest BCUT2D eigenvalue weighted by Crippen LogP contribution is -2.63. The fourth-order valence-corrected chi connectivity index (χ4v) is 1.49. The Morgan fingerprint density at radius 2 is 2.10 bits per heavy atom. The molecule has 0 aliphatic heterocycles. The highest BCUT2D eigenvalue weighted by Crippen LogP contribution is 2.04. The molecule has 0 aliphatic carbocycles. The normalized spacial score (nSPS) is 13.1. The molecule has 1 heterocycles. The number of nitrogens with two attached hydrogens (primary N) is 1. The van der Waals surface area contributed by atoms with E-state index in [9.17, 15) is 14.4 Å². The van der Waals surface area contributed by atoms with E-state index in [-0.39, 0.29) is 6.54 Å². The summed E-state index contributed by atoms with van der Waals surface area (Å²) in [6, 6.07) is 5.20. The van der Waals surface area contributed by atoms with Crippen molar-refractivity contribution < 1.29 is 19.5 Å². The standard InChI is InChI=1S/C12H16N4O4/c1-8(17)16-12(13,11(19)20)6-10(18)15-7-9-4-2-3-5-14-9/h2-5H,6-7,13H2,1H3,(H,15,18)(H,16,17)(H,19,20). The molecule has 0 spiro atoms. The minimum Gasteiger partial charge on any atom is -0.478 e. The van der Waals surface area contributed by atoms with E-state index in [1.54, 1.807) is 24.4 Å². The summed E-state index contributed by atoms with van der Waals surface area (Å²) in [6.45, 7) is 1.27. The summed E-state index contributed by atoms with van der Waals surface area (Å²) >= 11 is 0. The molecule has 0 saturated carbocycles. The van der Waals surface area contributed by atoms with Crippen LogP contribution in [0.4, 0.5) is 0 Å². The van der Waals surface area contributed by atoms with Crippen LogP contribution in [-0.2, 0) is 20.9 Å². The average Bonchev–Trinajstić information content (AvgIpc) is 2.36. The largest absolute Gasteiger partial charge is 0.478 e.